The number of benzene rings is 2. The zero-order chi connectivity index (χ0) is 22.8. The lowest BCUT2D eigenvalue weighted by atomic mass is 10.0. The molecule has 8 heteroatoms. The third kappa shape index (κ3) is 4.72. The summed E-state index contributed by atoms with van der Waals surface area (Å²) in [6, 6.07) is 12.7. The average molecular weight is 450 g/mol. The average Bonchev–Trinajstić information content (AvgIpc) is 3.45. The predicted molar refractivity (Wildman–Crippen MR) is 119 cm³/mol. The number of fused-ring (bicyclic) bond motifs is 2. The molecular weight excluding hydrogens is 424 g/mol. The molecule has 3 N–H and O–H groups in total. The largest absolute Gasteiger partial charge is 0.454 e. The number of aliphatic hydroxyl groups is 1. The summed E-state index contributed by atoms with van der Waals surface area (Å²) < 4.78 is 16.5. The lowest BCUT2D eigenvalue weighted by molar-refractivity contribution is -0.126. The summed E-state index contributed by atoms with van der Waals surface area (Å²) in [5.41, 5.74) is 2.97. The summed E-state index contributed by atoms with van der Waals surface area (Å²) in [7, 11) is 0. The van der Waals surface area contributed by atoms with E-state index in [2.05, 4.69) is 22.8 Å². The monoisotopic (exact) mass is 450 g/mol. The molecule has 5 rings (SSSR count). The highest BCUT2D eigenvalue weighted by Gasteiger charge is 2.30. The Kier molecular flexibility index (Phi) is 6.02. The van der Waals surface area contributed by atoms with Gasteiger partial charge >= 0.3 is 0 Å². The summed E-state index contributed by atoms with van der Waals surface area (Å²) in [6.07, 6.45) is 4.24. The van der Waals surface area contributed by atoms with Crippen molar-refractivity contribution in [1.82, 2.24) is 10.6 Å². The Hall–Kier alpha value is -3.36. The fourth-order valence-electron chi connectivity index (χ4n) is 4.54. The lowest BCUT2D eigenvalue weighted by Gasteiger charge is -2.31. The molecule has 0 radical (unpaired) electrons. The highest BCUT2D eigenvalue weighted by molar-refractivity contribution is 5.95. The van der Waals surface area contributed by atoms with E-state index in [9.17, 15) is 14.7 Å². The first-order chi connectivity index (χ1) is 16.1. The molecule has 0 spiro atoms. The van der Waals surface area contributed by atoms with E-state index in [-0.39, 0.29) is 37.7 Å². The van der Waals surface area contributed by atoms with Crippen molar-refractivity contribution in [2.24, 2.45) is 0 Å². The van der Waals surface area contributed by atoms with Crippen LogP contribution in [0.15, 0.2) is 54.6 Å². The number of carbonyl (C=O) groups excluding carboxylic acids is 2. The Labute approximate surface area is 191 Å². The quantitative estimate of drug-likeness (QED) is 0.576. The van der Waals surface area contributed by atoms with Gasteiger partial charge in [0.15, 0.2) is 11.5 Å². The second-order valence-corrected chi connectivity index (χ2v) is 8.49. The highest BCUT2D eigenvalue weighted by atomic mass is 16.7. The van der Waals surface area contributed by atoms with Gasteiger partial charge in [-0.15, -0.1) is 0 Å². The molecule has 1 aliphatic carbocycles. The number of aliphatic hydroxyl groups excluding tert-OH is 1. The van der Waals surface area contributed by atoms with Gasteiger partial charge in [-0.05, 0) is 42.2 Å². The van der Waals surface area contributed by atoms with Gasteiger partial charge in [-0.25, -0.2) is 0 Å². The van der Waals surface area contributed by atoms with E-state index in [1.807, 2.05) is 12.1 Å². The summed E-state index contributed by atoms with van der Waals surface area (Å²) in [5.74, 6) is 0.709. The van der Waals surface area contributed by atoms with Crippen LogP contribution in [0.3, 0.4) is 0 Å². The summed E-state index contributed by atoms with van der Waals surface area (Å²) in [5, 5.41) is 15.8. The normalized spacial score (nSPS) is 23.2. The Balaban J connectivity index is 1.15. The van der Waals surface area contributed by atoms with Gasteiger partial charge in [0.2, 0.25) is 12.7 Å². The van der Waals surface area contributed by atoms with Gasteiger partial charge in [-0.1, -0.05) is 36.4 Å². The van der Waals surface area contributed by atoms with Crippen LogP contribution < -0.4 is 20.1 Å². The maximum atomic E-state index is 12.7. The van der Waals surface area contributed by atoms with Crippen LogP contribution in [0.25, 0.3) is 0 Å². The maximum Gasteiger partial charge on any atom is 0.251 e. The van der Waals surface area contributed by atoms with Crippen molar-refractivity contribution in [2.45, 2.75) is 43.6 Å². The van der Waals surface area contributed by atoms with Gasteiger partial charge in [0, 0.05) is 11.6 Å². The first-order valence-corrected chi connectivity index (χ1v) is 11.1. The van der Waals surface area contributed by atoms with Crippen LogP contribution in [0.4, 0.5) is 0 Å². The summed E-state index contributed by atoms with van der Waals surface area (Å²) in [6.45, 7) is -0.151. The van der Waals surface area contributed by atoms with E-state index in [1.54, 1.807) is 30.4 Å². The molecule has 0 fully saturated rings. The molecule has 2 aromatic rings. The third-order valence-electron chi connectivity index (χ3n) is 6.20. The van der Waals surface area contributed by atoms with E-state index in [4.69, 9.17) is 14.2 Å². The Bertz CT molecular complexity index is 1060. The fraction of sp³-hybridized carbons (Fsp3) is 0.360. The Morgan fingerprint density at radius 2 is 1.73 bits per heavy atom. The SMILES string of the molecule is O=C(C[C@@H]1C=C[C@@H](NC(=O)c2ccc3c(c2)OCO3)[C@@H](CO)O1)NC1Cc2ccccc2C1. The van der Waals surface area contributed by atoms with Crippen molar-refractivity contribution in [3.8, 4) is 11.5 Å². The van der Waals surface area contributed by atoms with Crippen LogP contribution >= 0.6 is 0 Å². The molecule has 3 aliphatic rings. The second kappa shape index (κ2) is 9.25. The van der Waals surface area contributed by atoms with Gasteiger partial charge in [0.25, 0.3) is 5.91 Å². The number of hydrogen-bond donors (Lipinski definition) is 3. The molecule has 8 nitrogen and oxygen atoms in total. The van der Waals surface area contributed by atoms with Gasteiger partial charge in [0.05, 0.1) is 25.2 Å². The van der Waals surface area contributed by atoms with Crippen molar-refractivity contribution in [3.63, 3.8) is 0 Å². The lowest BCUT2D eigenvalue weighted by Crippen LogP contribution is -2.49. The van der Waals surface area contributed by atoms with Crippen molar-refractivity contribution >= 4 is 11.8 Å². The zero-order valence-corrected chi connectivity index (χ0v) is 18.0. The molecular formula is C25H26N2O6. The van der Waals surface area contributed by atoms with Crippen molar-refractivity contribution < 1.29 is 28.9 Å². The number of hydrogen-bond acceptors (Lipinski definition) is 6. The predicted octanol–water partition coefficient (Wildman–Crippen LogP) is 1.50. The molecule has 2 aliphatic heterocycles. The molecule has 0 saturated heterocycles. The molecule has 0 unspecified atom stereocenters. The van der Waals surface area contributed by atoms with Crippen LogP contribution in [0.2, 0.25) is 0 Å². The number of rotatable bonds is 6. The fourth-order valence-corrected chi connectivity index (χ4v) is 4.54. The van der Waals surface area contributed by atoms with Crippen LogP contribution in [0.5, 0.6) is 11.5 Å². The first-order valence-electron chi connectivity index (χ1n) is 11.1. The second-order valence-electron chi connectivity index (χ2n) is 8.49. The Morgan fingerprint density at radius 1 is 0.970 bits per heavy atom. The molecule has 2 heterocycles. The smallest absolute Gasteiger partial charge is 0.251 e. The number of carbonyl (C=O) groups is 2. The van der Waals surface area contributed by atoms with Crippen LogP contribution in [-0.4, -0.2) is 54.6 Å². The number of ether oxygens (including phenoxy) is 3. The highest BCUT2D eigenvalue weighted by Crippen LogP contribution is 2.32. The standard InChI is InChI=1S/C25H26N2O6/c28-13-23-20(27-25(30)17-5-8-21-22(11-17)32-14-31-21)7-6-19(33-23)12-24(29)26-18-9-15-3-1-2-4-16(15)10-18/h1-8,11,18-20,23,28H,9-10,12-14H2,(H,26,29)(H,27,30)/t19-,20+,23+/m0/s1. The number of amides is 2. The van der Waals surface area contributed by atoms with Gasteiger partial charge in [0.1, 0.15) is 6.10 Å². The minimum absolute atomic E-state index is 0.0878. The molecule has 0 aromatic heterocycles. The van der Waals surface area contributed by atoms with E-state index < -0.39 is 18.2 Å². The number of nitrogens with one attached hydrogen (secondary N) is 2. The summed E-state index contributed by atoms with van der Waals surface area (Å²) >= 11 is 0. The minimum atomic E-state index is -0.651. The molecule has 0 saturated carbocycles. The molecule has 172 valence electrons. The van der Waals surface area contributed by atoms with Gasteiger partial charge in [-0.2, -0.15) is 0 Å². The molecule has 2 aromatic carbocycles. The van der Waals surface area contributed by atoms with Crippen LogP contribution in [-0.2, 0) is 22.4 Å². The van der Waals surface area contributed by atoms with Crippen LogP contribution in [0, 0.1) is 0 Å². The van der Waals surface area contributed by atoms with E-state index in [0.717, 1.165) is 12.8 Å². The van der Waals surface area contributed by atoms with Gasteiger partial charge in [-0.3, -0.25) is 9.59 Å². The van der Waals surface area contributed by atoms with E-state index in [0.29, 0.717) is 17.1 Å². The molecule has 3 atom stereocenters. The van der Waals surface area contributed by atoms with Crippen molar-refractivity contribution in [1.29, 1.82) is 0 Å². The van der Waals surface area contributed by atoms with Crippen LogP contribution in [0.1, 0.15) is 27.9 Å². The minimum Gasteiger partial charge on any atom is -0.454 e. The van der Waals surface area contributed by atoms with Gasteiger partial charge < -0.3 is 30.0 Å². The van der Waals surface area contributed by atoms with E-state index >= 15 is 0 Å². The maximum absolute atomic E-state index is 12.7. The molecule has 33 heavy (non-hydrogen) atoms. The molecule has 0 bridgehead atoms. The summed E-state index contributed by atoms with van der Waals surface area (Å²) in [4.78, 5) is 25.2. The topological polar surface area (TPSA) is 106 Å². The molecule has 2 amide bonds. The third-order valence-corrected chi connectivity index (χ3v) is 6.20. The zero-order valence-electron chi connectivity index (χ0n) is 18.0. The first kappa shape index (κ1) is 21.5. The van der Waals surface area contributed by atoms with Crippen molar-refractivity contribution in [3.05, 3.63) is 71.3 Å². The van der Waals surface area contributed by atoms with Crippen molar-refractivity contribution in [2.75, 3.05) is 13.4 Å². The Morgan fingerprint density at radius 3 is 2.48 bits per heavy atom. The van der Waals surface area contributed by atoms with E-state index in [1.165, 1.54) is 11.1 Å².